The first-order valence-corrected chi connectivity index (χ1v) is 10.2. The number of carbonyl (C=O) groups is 2. The van der Waals surface area contributed by atoms with Gasteiger partial charge in [-0.25, -0.2) is 0 Å². The minimum atomic E-state index is -0.250. The molecule has 0 bridgehead atoms. The Balaban J connectivity index is 1.45. The van der Waals surface area contributed by atoms with Crippen LogP contribution in [0.2, 0.25) is 0 Å². The number of carbonyl (C=O) groups excluding carboxylic acids is 2. The van der Waals surface area contributed by atoms with Crippen molar-refractivity contribution in [3.8, 4) is 0 Å². The molecule has 2 aliphatic heterocycles. The molecule has 1 aliphatic carbocycles. The van der Waals surface area contributed by atoms with E-state index >= 15 is 0 Å². The van der Waals surface area contributed by atoms with Crippen LogP contribution in [0, 0.1) is 11.3 Å². The van der Waals surface area contributed by atoms with E-state index < -0.39 is 0 Å². The molecule has 146 valence electrons. The summed E-state index contributed by atoms with van der Waals surface area (Å²) in [6.07, 6.45) is 6.32. The summed E-state index contributed by atoms with van der Waals surface area (Å²) in [7, 11) is 0. The molecule has 4 N–H and O–H groups in total. The van der Waals surface area contributed by atoms with E-state index in [1.54, 1.807) is 0 Å². The van der Waals surface area contributed by atoms with Crippen LogP contribution in [-0.2, 0) is 16.1 Å². The van der Waals surface area contributed by atoms with Crippen LogP contribution in [0.4, 0.5) is 5.69 Å². The summed E-state index contributed by atoms with van der Waals surface area (Å²) in [5.74, 6) is 0.369. The molecule has 3 atom stereocenters. The van der Waals surface area contributed by atoms with Crippen LogP contribution < -0.4 is 16.4 Å². The average Bonchev–Trinajstić information content (AvgIpc) is 3.29. The van der Waals surface area contributed by atoms with Gasteiger partial charge in [-0.3, -0.25) is 14.5 Å². The highest BCUT2D eigenvalue weighted by molar-refractivity contribution is 5.96. The third-order valence-electron chi connectivity index (χ3n) is 6.75. The number of nitrogens with two attached hydrogens (primary N) is 1. The molecule has 6 heteroatoms. The van der Waals surface area contributed by atoms with E-state index in [1.807, 2.05) is 24.3 Å². The normalized spacial score (nSPS) is 30.8. The zero-order chi connectivity index (χ0) is 18.9. The largest absolute Gasteiger partial charge is 0.368 e. The second-order valence-corrected chi connectivity index (χ2v) is 8.42. The second-order valence-electron chi connectivity index (χ2n) is 8.42. The number of likely N-dealkylation sites (tertiary alicyclic amines) is 1. The Bertz CT molecular complexity index is 722. The molecule has 0 aromatic heterocycles. The van der Waals surface area contributed by atoms with Crippen molar-refractivity contribution in [2.24, 2.45) is 17.1 Å². The SMILES string of the molecule is NC(=O)C1CCCN1Cc1cccc(NC(=O)[C@@]23CCCC[C@H]2CNC3)c1. The summed E-state index contributed by atoms with van der Waals surface area (Å²) >= 11 is 0. The molecule has 27 heavy (non-hydrogen) atoms. The molecule has 2 amide bonds. The molecule has 4 rings (SSSR count). The van der Waals surface area contributed by atoms with E-state index in [4.69, 9.17) is 5.73 Å². The summed E-state index contributed by atoms with van der Waals surface area (Å²) in [6.45, 7) is 3.32. The van der Waals surface area contributed by atoms with Crippen molar-refractivity contribution < 1.29 is 9.59 Å². The predicted molar refractivity (Wildman–Crippen MR) is 105 cm³/mol. The van der Waals surface area contributed by atoms with Crippen molar-refractivity contribution in [3.05, 3.63) is 29.8 Å². The van der Waals surface area contributed by atoms with Gasteiger partial charge in [-0.1, -0.05) is 25.0 Å². The maximum absolute atomic E-state index is 13.1. The molecule has 1 unspecified atom stereocenters. The van der Waals surface area contributed by atoms with Gasteiger partial charge in [0.2, 0.25) is 11.8 Å². The lowest BCUT2D eigenvalue weighted by molar-refractivity contribution is -0.128. The first-order chi connectivity index (χ1) is 13.1. The maximum Gasteiger partial charge on any atom is 0.234 e. The number of nitrogens with one attached hydrogen (secondary N) is 2. The van der Waals surface area contributed by atoms with Crippen molar-refractivity contribution >= 4 is 17.5 Å². The number of primary amides is 1. The third kappa shape index (κ3) is 3.60. The summed E-state index contributed by atoms with van der Waals surface area (Å²) in [5.41, 5.74) is 7.22. The lowest BCUT2D eigenvalue weighted by Gasteiger charge is -2.37. The van der Waals surface area contributed by atoms with Crippen LogP contribution in [0.5, 0.6) is 0 Å². The van der Waals surface area contributed by atoms with Crippen LogP contribution in [0.15, 0.2) is 24.3 Å². The number of fused-ring (bicyclic) bond motifs is 1. The first-order valence-electron chi connectivity index (χ1n) is 10.2. The fourth-order valence-corrected chi connectivity index (χ4v) is 5.27. The van der Waals surface area contributed by atoms with Crippen LogP contribution in [0.25, 0.3) is 0 Å². The molecule has 0 radical (unpaired) electrons. The maximum atomic E-state index is 13.1. The van der Waals surface area contributed by atoms with Gasteiger partial charge in [0, 0.05) is 18.8 Å². The van der Waals surface area contributed by atoms with E-state index in [0.717, 1.165) is 63.0 Å². The molecular weight excluding hydrogens is 340 g/mol. The molecule has 2 heterocycles. The fourth-order valence-electron chi connectivity index (χ4n) is 5.27. The number of amides is 2. The Morgan fingerprint density at radius 1 is 1.26 bits per heavy atom. The highest BCUT2D eigenvalue weighted by Crippen LogP contribution is 2.44. The van der Waals surface area contributed by atoms with E-state index in [-0.39, 0.29) is 23.3 Å². The highest BCUT2D eigenvalue weighted by atomic mass is 16.2. The number of hydrogen-bond acceptors (Lipinski definition) is 4. The summed E-state index contributed by atoms with van der Waals surface area (Å²) in [4.78, 5) is 26.9. The number of rotatable bonds is 5. The standard InChI is InChI=1S/C21H30N4O2/c22-19(26)18-8-4-10-25(18)13-15-5-3-7-17(11-15)24-20(27)21-9-2-1-6-16(21)12-23-14-21/h3,5,7,11,16,18,23H,1-2,4,6,8-10,12-14H2,(H2,22,26)(H,24,27)/t16-,18?,21+/m0/s1. The summed E-state index contributed by atoms with van der Waals surface area (Å²) in [6, 6.07) is 7.84. The molecule has 1 saturated carbocycles. The van der Waals surface area contributed by atoms with Crippen molar-refractivity contribution in [1.29, 1.82) is 0 Å². The van der Waals surface area contributed by atoms with Gasteiger partial charge in [0.05, 0.1) is 11.5 Å². The number of anilines is 1. The minimum Gasteiger partial charge on any atom is -0.368 e. The van der Waals surface area contributed by atoms with E-state index in [0.29, 0.717) is 12.5 Å². The molecular formula is C21H30N4O2. The zero-order valence-corrected chi connectivity index (χ0v) is 15.9. The fraction of sp³-hybridized carbons (Fsp3) is 0.619. The Morgan fingerprint density at radius 3 is 3.00 bits per heavy atom. The second kappa shape index (κ2) is 7.60. The number of hydrogen-bond donors (Lipinski definition) is 3. The van der Waals surface area contributed by atoms with E-state index in [9.17, 15) is 9.59 Å². The lowest BCUT2D eigenvalue weighted by atomic mass is 9.67. The highest BCUT2D eigenvalue weighted by Gasteiger charge is 2.49. The molecule has 1 aromatic rings. The lowest BCUT2D eigenvalue weighted by Crippen LogP contribution is -2.44. The smallest absolute Gasteiger partial charge is 0.234 e. The summed E-state index contributed by atoms with van der Waals surface area (Å²) in [5, 5.41) is 6.62. The molecule has 1 aromatic carbocycles. The zero-order valence-electron chi connectivity index (χ0n) is 15.9. The molecule has 0 spiro atoms. The molecule has 2 saturated heterocycles. The van der Waals surface area contributed by atoms with Gasteiger partial charge in [-0.2, -0.15) is 0 Å². The van der Waals surface area contributed by atoms with Crippen LogP contribution in [0.1, 0.15) is 44.1 Å². The van der Waals surface area contributed by atoms with Crippen molar-refractivity contribution in [3.63, 3.8) is 0 Å². The van der Waals surface area contributed by atoms with Crippen molar-refractivity contribution in [2.45, 2.75) is 51.1 Å². The molecule has 3 aliphatic rings. The minimum absolute atomic E-state index is 0.158. The molecule has 6 nitrogen and oxygen atoms in total. The number of benzene rings is 1. The van der Waals surface area contributed by atoms with Gasteiger partial charge >= 0.3 is 0 Å². The van der Waals surface area contributed by atoms with Gasteiger partial charge in [0.15, 0.2) is 0 Å². The van der Waals surface area contributed by atoms with E-state index in [2.05, 4.69) is 15.5 Å². The average molecular weight is 370 g/mol. The Labute approximate surface area is 160 Å². The number of nitrogens with zero attached hydrogens (tertiary/aromatic N) is 1. The predicted octanol–water partition coefficient (Wildman–Crippen LogP) is 1.85. The van der Waals surface area contributed by atoms with E-state index in [1.165, 1.54) is 6.42 Å². The van der Waals surface area contributed by atoms with Gasteiger partial charge in [-0.05, 0) is 62.4 Å². The van der Waals surface area contributed by atoms with Crippen LogP contribution >= 0.6 is 0 Å². The quantitative estimate of drug-likeness (QED) is 0.738. The Morgan fingerprint density at radius 2 is 2.15 bits per heavy atom. The van der Waals surface area contributed by atoms with Crippen LogP contribution in [-0.4, -0.2) is 42.4 Å². The van der Waals surface area contributed by atoms with Gasteiger partial charge in [0.1, 0.15) is 0 Å². The Hall–Kier alpha value is -1.92. The summed E-state index contributed by atoms with van der Waals surface area (Å²) < 4.78 is 0. The third-order valence-corrected chi connectivity index (χ3v) is 6.75. The molecule has 3 fully saturated rings. The first kappa shape index (κ1) is 18.4. The van der Waals surface area contributed by atoms with Crippen molar-refractivity contribution in [1.82, 2.24) is 10.2 Å². The monoisotopic (exact) mass is 370 g/mol. The van der Waals surface area contributed by atoms with Crippen LogP contribution in [0.3, 0.4) is 0 Å². The Kier molecular flexibility index (Phi) is 5.19. The van der Waals surface area contributed by atoms with Gasteiger partial charge in [0.25, 0.3) is 0 Å². The topological polar surface area (TPSA) is 87.5 Å². The van der Waals surface area contributed by atoms with Gasteiger partial charge in [-0.15, -0.1) is 0 Å². The van der Waals surface area contributed by atoms with Gasteiger partial charge < -0.3 is 16.4 Å². The van der Waals surface area contributed by atoms with Crippen molar-refractivity contribution in [2.75, 3.05) is 25.0 Å².